The van der Waals surface area contributed by atoms with Gasteiger partial charge in [-0.25, -0.2) is 0 Å². The van der Waals surface area contributed by atoms with Crippen molar-refractivity contribution in [3.05, 3.63) is 23.5 Å². The second-order valence-corrected chi connectivity index (χ2v) is 4.68. The van der Waals surface area contributed by atoms with Crippen LogP contribution in [0.4, 0.5) is 0 Å². The van der Waals surface area contributed by atoms with E-state index >= 15 is 0 Å². The molecule has 0 spiro atoms. The molecule has 88 valence electrons. The summed E-state index contributed by atoms with van der Waals surface area (Å²) in [6, 6.07) is 3.71. The van der Waals surface area contributed by atoms with E-state index in [9.17, 15) is 9.90 Å². The first-order valence-corrected chi connectivity index (χ1v) is 5.65. The third kappa shape index (κ3) is 1.97. The number of nitrogens with one attached hydrogen (secondary N) is 1. The molecule has 0 aromatic carbocycles. The van der Waals surface area contributed by atoms with Gasteiger partial charge in [0.05, 0.1) is 5.60 Å². The van der Waals surface area contributed by atoms with Gasteiger partial charge in [0.1, 0.15) is 5.69 Å². The van der Waals surface area contributed by atoms with E-state index in [-0.39, 0.29) is 5.91 Å². The molecule has 1 aliphatic rings. The molecule has 0 aliphatic heterocycles. The first-order valence-electron chi connectivity index (χ1n) is 5.65. The van der Waals surface area contributed by atoms with Gasteiger partial charge in [-0.2, -0.15) is 0 Å². The summed E-state index contributed by atoms with van der Waals surface area (Å²) in [5, 5.41) is 12.6. The number of nitrogens with zero attached hydrogens (tertiary/aromatic N) is 1. The molecule has 16 heavy (non-hydrogen) atoms. The van der Waals surface area contributed by atoms with E-state index in [0.29, 0.717) is 12.2 Å². The van der Waals surface area contributed by atoms with Crippen LogP contribution in [-0.4, -0.2) is 27.7 Å². The number of carbonyl (C=O) groups excluding carboxylic acids is 1. The molecule has 0 bridgehead atoms. The summed E-state index contributed by atoms with van der Waals surface area (Å²) < 4.78 is 1.85. The van der Waals surface area contributed by atoms with E-state index in [1.807, 2.05) is 24.6 Å². The number of hydrogen-bond donors (Lipinski definition) is 2. The molecular formula is C12H18N2O2. The van der Waals surface area contributed by atoms with Crippen LogP contribution in [0.5, 0.6) is 0 Å². The minimum absolute atomic E-state index is 0.115. The van der Waals surface area contributed by atoms with E-state index in [2.05, 4.69) is 5.32 Å². The minimum Gasteiger partial charge on any atom is -0.388 e. The number of aromatic nitrogens is 1. The second kappa shape index (κ2) is 3.94. The van der Waals surface area contributed by atoms with Gasteiger partial charge < -0.3 is 15.0 Å². The summed E-state index contributed by atoms with van der Waals surface area (Å²) in [6.45, 7) is 2.31. The van der Waals surface area contributed by atoms with Gasteiger partial charge >= 0.3 is 0 Å². The summed E-state index contributed by atoms with van der Waals surface area (Å²) in [4.78, 5) is 11.8. The fourth-order valence-corrected chi connectivity index (χ4v) is 1.94. The Balaban J connectivity index is 1.95. The van der Waals surface area contributed by atoms with Crippen LogP contribution in [0.2, 0.25) is 0 Å². The molecule has 1 amide bonds. The zero-order valence-electron chi connectivity index (χ0n) is 9.79. The van der Waals surface area contributed by atoms with Crippen molar-refractivity contribution < 1.29 is 9.90 Å². The first kappa shape index (κ1) is 11.2. The number of rotatable bonds is 3. The van der Waals surface area contributed by atoms with Crippen LogP contribution in [-0.2, 0) is 7.05 Å². The molecule has 0 radical (unpaired) electrons. The van der Waals surface area contributed by atoms with Gasteiger partial charge in [0.25, 0.3) is 5.91 Å². The van der Waals surface area contributed by atoms with Crippen LogP contribution >= 0.6 is 0 Å². The van der Waals surface area contributed by atoms with E-state index in [4.69, 9.17) is 0 Å². The average molecular weight is 222 g/mol. The van der Waals surface area contributed by atoms with Crippen molar-refractivity contribution in [2.75, 3.05) is 6.54 Å². The molecule has 0 unspecified atom stereocenters. The molecular weight excluding hydrogens is 204 g/mol. The van der Waals surface area contributed by atoms with Gasteiger partial charge in [-0.05, 0) is 38.3 Å². The standard InChI is InChI=1S/C12H18N2O2/c1-9-4-5-10(14(9)2)11(15)13-8-12(16)6-3-7-12/h4-5,16H,3,6-8H2,1-2H3,(H,13,15). The lowest BCUT2D eigenvalue weighted by Crippen LogP contribution is -2.48. The lowest BCUT2D eigenvalue weighted by molar-refractivity contribution is -0.0301. The number of carbonyl (C=O) groups is 1. The molecule has 1 aromatic heterocycles. The van der Waals surface area contributed by atoms with Crippen molar-refractivity contribution in [1.82, 2.24) is 9.88 Å². The molecule has 0 saturated heterocycles. The Kier molecular flexibility index (Phi) is 2.76. The normalized spacial score (nSPS) is 17.9. The van der Waals surface area contributed by atoms with E-state index in [1.54, 1.807) is 6.07 Å². The zero-order chi connectivity index (χ0) is 11.8. The van der Waals surface area contributed by atoms with Crippen LogP contribution < -0.4 is 5.32 Å². The Hall–Kier alpha value is -1.29. The average Bonchev–Trinajstić information content (AvgIpc) is 2.54. The number of amides is 1. The van der Waals surface area contributed by atoms with Crippen molar-refractivity contribution in [3.8, 4) is 0 Å². The highest BCUT2D eigenvalue weighted by atomic mass is 16.3. The molecule has 2 rings (SSSR count). The Bertz CT molecular complexity index is 405. The summed E-state index contributed by atoms with van der Waals surface area (Å²) in [5.74, 6) is -0.115. The fraction of sp³-hybridized carbons (Fsp3) is 0.583. The molecule has 4 nitrogen and oxygen atoms in total. The summed E-state index contributed by atoms with van der Waals surface area (Å²) >= 11 is 0. The third-order valence-electron chi connectivity index (χ3n) is 3.47. The van der Waals surface area contributed by atoms with Crippen LogP contribution in [0.1, 0.15) is 35.4 Å². The van der Waals surface area contributed by atoms with Crippen LogP contribution in [0.3, 0.4) is 0 Å². The maximum absolute atomic E-state index is 11.8. The molecule has 1 aromatic rings. The smallest absolute Gasteiger partial charge is 0.268 e. The monoisotopic (exact) mass is 222 g/mol. The number of aryl methyl sites for hydroxylation is 1. The molecule has 4 heteroatoms. The van der Waals surface area contributed by atoms with E-state index < -0.39 is 5.60 Å². The summed E-state index contributed by atoms with van der Waals surface area (Å²) in [6.07, 6.45) is 2.63. The lowest BCUT2D eigenvalue weighted by atomic mass is 9.80. The minimum atomic E-state index is -0.657. The molecule has 1 heterocycles. The lowest BCUT2D eigenvalue weighted by Gasteiger charge is -2.36. The zero-order valence-corrected chi connectivity index (χ0v) is 9.79. The van der Waals surface area contributed by atoms with Crippen molar-refractivity contribution in [3.63, 3.8) is 0 Å². The van der Waals surface area contributed by atoms with Gasteiger partial charge in [-0.15, -0.1) is 0 Å². The predicted octanol–water partition coefficient (Wildman–Crippen LogP) is 0.978. The topological polar surface area (TPSA) is 54.3 Å². The van der Waals surface area contributed by atoms with Crippen LogP contribution in [0, 0.1) is 6.92 Å². The molecule has 2 N–H and O–H groups in total. The maximum Gasteiger partial charge on any atom is 0.268 e. The molecule has 0 atom stereocenters. The summed E-state index contributed by atoms with van der Waals surface area (Å²) in [5.41, 5.74) is 1.03. The van der Waals surface area contributed by atoms with Crippen molar-refractivity contribution >= 4 is 5.91 Å². The highest BCUT2D eigenvalue weighted by molar-refractivity contribution is 5.92. The Labute approximate surface area is 95.3 Å². The van der Waals surface area contributed by atoms with Crippen molar-refractivity contribution in [2.24, 2.45) is 7.05 Å². The second-order valence-electron chi connectivity index (χ2n) is 4.68. The van der Waals surface area contributed by atoms with Crippen molar-refractivity contribution in [1.29, 1.82) is 0 Å². The highest BCUT2D eigenvalue weighted by Gasteiger charge is 2.34. The highest BCUT2D eigenvalue weighted by Crippen LogP contribution is 2.30. The van der Waals surface area contributed by atoms with Crippen LogP contribution in [0.15, 0.2) is 12.1 Å². The van der Waals surface area contributed by atoms with E-state index in [0.717, 1.165) is 25.0 Å². The number of aliphatic hydroxyl groups is 1. The van der Waals surface area contributed by atoms with E-state index in [1.165, 1.54) is 0 Å². The summed E-state index contributed by atoms with van der Waals surface area (Å²) in [7, 11) is 1.86. The Morgan fingerprint density at radius 1 is 1.56 bits per heavy atom. The van der Waals surface area contributed by atoms with Crippen molar-refractivity contribution in [2.45, 2.75) is 31.8 Å². The molecule has 1 fully saturated rings. The van der Waals surface area contributed by atoms with Crippen LogP contribution in [0.25, 0.3) is 0 Å². The van der Waals surface area contributed by atoms with Gasteiger partial charge in [0, 0.05) is 19.3 Å². The number of hydrogen-bond acceptors (Lipinski definition) is 2. The van der Waals surface area contributed by atoms with Gasteiger partial charge in [0.2, 0.25) is 0 Å². The molecule has 1 saturated carbocycles. The quantitative estimate of drug-likeness (QED) is 0.801. The first-order chi connectivity index (χ1) is 7.52. The fourth-order valence-electron chi connectivity index (χ4n) is 1.94. The predicted molar refractivity (Wildman–Crippen MR) is 61.3 cm³/mol. The maximum atomic E-state index is 11.8. The Morgan fingerprint density at radius 2 is 2.25 bits per heavy atom. The third-order valence-corrected chi connectivity index (χ3v) is 3.47. The SMILES string of the molecule is Cc1ccc(C(=O)NCC2(O)CCC2)n1C. The van der Waals surface area contributed by atoms with Gasteiger partial charge in [0.15, 0.2) is 0 Å². The molecule has 1 aliphatic carbocycles. The Morgan fingerprint density at radius 3 is 2.69 bits per heavy atom. The largest absolute Gasteiger partial charge is 0.388 e. The van der Waals surface area contributed by atoms with Gasteiger partial charge in [-0.3, -0.25) is 4.79 Å². The van der Waals surface area contributed by atoms with Gasteiger partial charge in [-0.1, -0.05) is 0 Å².